The highest BCUT2D eigenvalue weighted by atomic mass is 16.5. The van der Waals surface area contributed by atoms with Crippen molar-refractivity contribution in [1.82, 2.24) is 0 Å². The van der Waals surface area contributed by atoms with Crippen LogP contribution in [0.3, 0.4) is 0 Å². The van der Waals surface area contributed by atoms with Crippen LogP contribution in [0.1, 0.15) is 50.9 Å². The monoisotopic (exact) mass is 374 g/mol. The number of rotatable bonds is 6. The molecule has 0 aliphatic carbocycles. The molecule has 7 nitrogen and oxygen atoms in total. The lowest BCUT2D eigenvalue weighted by molar-refractivity contribution is -0.132. The molecule has 0 heterocycles. The van der Waals surface area contributed by atoms with E-state index in [4.69, 9.17) is 9.47 Å². The summed E-state index contributed by atoms with van der Waals surface area (Å²) in [6.45, 7) is 6.29. The molecule has 7 heteroatoms. The molecule has 0 radical (unpaired) electrons. The van der Waals surface area contributed by atoms with E-state index in [1.54, 1.807) is 0 Å². The lowest BCUT2D eigenvalue weighted by Gasteiger charge is -2.16. The van der Waals surface area contributed by atoms with Crippen LogP contribution in [-0.4, -0.2) is 27.9 Å². The van der Waals surface area contributed by atoms with Crippen LogP contribution < -0.4 is 9.47 Å². The van der Waals surface area contributed by atoms with E-state index < -0.39 is 17.7 Å². The number of aromatic hydroxyl groups is 2. The first kappa shape index (κ1) is 20.2. The quantitative estimate of drug-likeness (QED) is 0.450. The average Bonchev–Trinajstić information content (AvgIpc) is 2.56. The largest absolute Gasteiger partial charge is 0.507 e. The molecule has 2 aromatic rings. The summed E-state index contributed by atoms with van der Waals surface area (Å²) in [7, 11) is 0. The molecular weight excluding hydrogens is 352 g/mol. The maximum atomic E-state index is 12.6. The Balaban J connectivity index is 2.77. The van der Waals surface area contributed by atoms with Gasteiger partial charge >= 0.3 is 11.9 Å². The fraction of sp³-hybridized carbons (Fsp3) is 0.350. The Kier molecular flexibility index (Phi) is 6.05. The standard InChI is InChI=1S/C20H22O7/c1-10(2)5-6-14(23)13-9-17(27-12(4)22)18-15(24)7-8-16(26-11(3)21)19(18)20(13)25/h7-10,24-25H,5-6H2,1-4H3. The van der Waals surface area contributed by atoms with E-state index in [1.807, 2.05) is 13.8 Å². The Morgan fingerprint density at radius 2 is 1.56 bits per heavy atom. The third-order valence-corrected chi connectivity index (χ3v) is 3.92. The van der Waals surface area contributed by atoms with Crippen LogP contribution in [0, 0.1) is 5.92 Å². The SMILES string of the molecule is CC(=O)Oc1cc(C(=O)CCC(C)C)c(O)c2c(OC(C)=O)ccc(O)c12. The van der Waals surface area contributed by atoms with Crippen molar-refractivity contribution in [2.45, 2.75) is 40.5 Å². The second-order valence-electron chi connectivity index (χ2n) is 6.65. The van der Waals surface area contributed by atoms with Gasteiger partial charge in [0.1, 0.15) is 23.0 Å². The second-order valence-corrected chi connectivity index (χ2v) is 6.65. The molecule has 144 valence electrons. The minimum absolute atomic E-state index is 0.0261. The number of esters is 2. The van der Waals surface area contributed by atoms with Crippen molar-refractivity contribution in [2.24, 2.45) is 5.92 Å². The van der Waals surface area contributed by atoms with E-state index >= 15 is 0 Å². The van der Waals surface area contributed by atoms with Gasteiger partial charge in [-0.3, -0.25) is 14.4 Å². The van der Waals surface area contributed by atoms with Gasteiger partial charge in [-0.1, -0.05) is 13.8 Å². The van der Waals surface area contributed by atoms with Crippen LogP contribution in [0.4, 0.5) is 0 Å². The summed E-state index contributed by atoms with van der Waals surface area (Å²) < 4.78 is 10.2. The van der Waals surface area contributed by atoms with E-state index in [2.05, 4.69) is 0 Å². The van der Waals surface area contributed by atoms with Crippen LogP contribution >= 0.6 is 0 Å². The Morgan fingerprint density at radius 1 is 0.963 bits per heavy atom. The number of ketones is 1. The zero-order valence-electron chi connectivity index (χ0n) is 15.7. The van der Waals surface area contributed by atoms with Crippen molar-refractivity contribution in [2.75, 3.05) is 0 Å². The zero-order valence-corrected chi connectivity index (χ0v) is 15.7. The van der Waals surface area contributed by atoms with Gasteiger partial charge in [-0.15, -0.1) is 0 Å². The van der Waals surface area contributed by atoms with Gasteiger partial charge in [0, 0.05) is 20.3 Å². The van der Waals surface area contributed by atoms with Crippen LogP contribution in [-0.2, 0) is 9.59 Å². The molecule has 0 amide bonds. The number of Topliss-reactive ketones (excluding diaryl/α,β-unsaturated/α-hetero) is 1. The second kappa shape index (κ2) is 8.07. The van der Waals surface area contributed by atoms with Crippen molar-refractivity contribution in [1.29, 1.82) is 0 Å². The Bertz CT molecular complexity index is 912. The minimum Gasteiger partial charge on any atom is -0.507 e. The van der Waals surface area contributed by atoms with Crippen LogP contribution in [0.5, 0.6) is 23.0 Å². The Hall–Kier alpha value is -3.09. The van der Waals surface area contributed by atoms with Crippen LogP contribution in [0.2, 0.25) is 0 Å². The summed E-state index contributed by atoms with van der Waals surface area (Å²) in [5, 5.41) is 20.8. The van der Waals surface area contributed by atoms with Crippen molar-refractivity contribution >= 4 is 28.5 Å². The third kappa shape index (κ3) is 4.55. The third-order valence-electron chi connectivity index (χ3n) is 3.92. The molecular formula is C20H22O7. The van der Waals surface area contributed by atoms with Gasteiger partial charge in [-0.05, 0) is 30.5 Å². The molecule has 0 aliphatic rings. The first-order valence-corrected chi connectivity index (χ1v) is 8.53. The van der Waals surface area contributed by atoms with Crippen molar-refractivity contribution in [3.05, 3.63) is 23.8 Å². The topological polar surface area (TPSA) is 110 Å². The minimum atomic E-state index is -0.667. The maximum absolute atomic E-state index is 12.6. The summed E-state index contributed by atoms with van der Waals surface area (Å²) in [6, 6.07) is 3.75. The molecule has 0 fully saturated rings. The molecule has 0 bridgehead atoms. The van der Waals surface area contributed by atoms with Gasteiger partial charge in [-0.25, -0.2) is 0 Å². The van der Waals surface area contributed by atoms with E-state index in [0.29, 0.717) is 6.42 Å². The van der Waals surface area contributed by atoms with Gasteiger partial charge < -0.3 is 19.7 Å². The maximum Gasteiger partial charge on any atom is 0.308 e. The number of hydrogen-bond acceptors (Lipinski definition) is 7. The fourth-order valence-corrected chi connectivity index (χ4v) is 2.71. The predicted molar refractivity (Wildman–Crippen MR) is 98.3 cm³/mol. The summed E-state index contributed by atoms with van der Waals surface area (Å²) in [5.41, 5.74) is -0.0709. The Labute approximate surface area is 156 Å². The highest BCUT2D eigenvalue weighted by molar-refractivity contribution is 6.11. The lowest BCUT2D eigenvalue weighted by Crippen LogP contribution is -2.07. The summed E-state index contributed by atoms with van der Waals surface area (Å²) in [6.07, 6.45) is 0.786. The van der Waals surface area contributed by atoms with Crippen molar-refractivity contribution < 1.29 is 34.1 Å². The summed E-state index contributed by atoms with van der Waals surface area (Å²) in [5.74, 6) is -2.28. The first-order valence-electron chi connectivity index (χ1n) is 8.53. The fourth-order valence-electron chi connectivity index (χ4n) is 2.71. The Morgan fingerprint density at radius 3 is 2.11 bits per heavy atom. The van der Waals surface area contributed by atoms with Gasteiger partial charge in [0.05, 0.1) is 16.3 Å². The molecule has 0 aromatic heterocycles. The molecule has 2 N–H and O–H groups in total. The number of phenolic OH excluding ortho intramolecular Hbond substituents is 2. The number of ether oxygens (including phenoxy) is 2. The predicted octanol–water partition coefficient (Wildman–Crippen LogP) is 3.72. The number of benzene rings is 2. The number of phenols is 2. The number of fused-ring (bicyclic) bond motifs is 1. The molecule has 2 aromatic carbocycles. The van der Waals surface area contributed by atoms with E-state index in [9.17, 15) is 24.6 Å². The van der Waals surface area contributed by atoms with E-state index in [0.717, 1.165) is 0 Å². The molecule has 2 rings (SSSR count). The molecule has 0 saturated heterocycles. The van der Waals surface area contributed by atoms with Crippen LogP contribution in [0.15, 0.2) is 18.2 Å². The smallest absolute Gasteiger partial charge is 0.308 e. The number of carbonyl (C=O) groups excluding carboxylic acids is 3. The normalized spacial score (nSPS) is 10.9. The molecule has 0 aliphatic heterocycles. The van der Waals surface area contributed by atoms with Gasteiger partial charge in [0.2, 0.25) is 0 Å². The average molecular weight is 374 g/mol. The highest BCUT2D eigenvalue weighted by Gasteiger charge is 2.24. The van der Waals surface area contributed by atoms with Crippen molar-refractivity contribution in [3.8, 4) is 23.0 Å². The molecule has 0 unspecified atom stereocenters. The number of hydrogen-bond donors (Lipinski definition) is 2. The highest BCUT2D eigenvalue weighted by Crippen LogP contribution is 2.46. The zero-order chi connectivity index (χ0) is 20.3. The summed E-state index contributed by atoms with van der Waals surface area (Å²) >= 11 is 0. The van der Waals surface area contributed by atoms with Crippen molar-refractivity contribution in [3.63, 3.8) is 0 Å². The van der Waals surface area contributed by atoms with Gasteiger partial charge in [-0.2, -0.15) is 0 Å². The van der Waals surface area contributed by atoms with E-state index in [-0.39, 0.29) is 51.7 Å². The van der Waals surface area contributed by atoms with Gasteiger partial charge in [0.15, 0.2) is 5.78 Å². The van der Waals surface area contributed by atoms with E-state index in [1.165, 1.54) is 32.0 Å². The lowest BCUT2D eigenvalue weighted by atomic mass is 9.96. The van der Waals surface area contributed by atoms with Crippen LogP contribution in [0.25, 0.3) is 10.8 Å². The molecule has 0 saturated carbocycles. The molecule has 0 spiro atoms. The molecule has 27 heavy (non-hydrogen) atoms. The first-order chi connectivity index (χ1) is 12.6. The van der Waals surface area contributed by atoms with Gasteiger partial charge in [0.25, 0.3) is 0 Å². The summed E-state index contributed by atoms with van der Waals surface area (Å²) in [4.78, 5) is 35.5. The molecule has 0 atom stereocenters. The number of carbonyl (C=O) groups is 3.